The van der Waals surface area contributed by atoms with Gasteiger partial charge in [-0.05, 0) is 29.6 Å². The van der Waals surface area contributed by atoms with Crippen LogP contribution in [0.4, 0.5) is 5.69 Å². The SMILES string of the molecule is O=C(Cc1cccs1)N/N=C/c1ccc(-c2ccccc2[N+](=O)[O-])o1. The molecule has 0 aliphatic carbocycles. The molecule has 0 aliphatic rings. The monoisotopic (exact) mass is 355 g/mol. The van der Waals surface area contributed by atoms with E-state index in [-0.39, 0.29) is 18.0 Å². The van der Waals surface area contributed by atoms with Crippen LogP contribution in [0.25, 0.3) is 11.3 Å². The quantitative estimate of drug-likeness (QED) is 0.415. The number of carbonyl (C=O) groups excluding carboxylic acids is 1. The number of carbonyl (C=O) groups is 1. The topological polar surface area (TPSA) is 97.7 Å². The number of nitro groups is 1. The van der Waals surface area contributed by atoms with Crippen molar-refractivity contribution in [1.82, 2.24) is 5.43 Å². The summed E-state index contributed by atoms with van der Waals surface area (Å²) < 4.78 is 5.55. The van der Waals surface area contributed by atoms with Crippen LogP contribution in [-0.4, -0.2) is 17.0 Å². The van der Waals surface area contributed by atoms with Crippen LogP contribution < -0.4 is 5.43 Å². The Morgan fingerprint density at radius 3 is 2.84 bits per heavy atom. The highest BCUT2D eigenvalue weighted by atomic mass is 32.1. The molecule has 8 heteroatoms. The van der Waals surface area contributed by atoms with Gasteiger partial charge in [0.1, 0.15) is 11.5 Å². The highest BCUT2D eigenvalue weighted by molar-refractivity contribution is 7.10. The van der Waals surface area contributed by atoms with Crippen LogP contribution in [0.15, 0.2) is 63.4 Å². The third-order valence-corrected chi connectivity index (χ3v) is 4.17. The summed E-state index contributed by atoms with van der Waals surface area (Å²) in [5.41, 5.74) is 2.76. The number of hydrogen-bond acceptors (Lipinski definition) is 6. The van der Waals surface area contributed by atoms with E-state index in [9.17, 15) is 14.9 Å². The summed E-state index contributed by atoms with van der Waals surface area (Å²) in [6, 6.07) is 13.3. The number of nitro benzene ring substituents is 1. The maximum atomic E-state index is 11.7. The molecular weight excluding hydrogens is 342 g/mol. The molecule has 0 saturated carbocycles. The average Bonchev–Trinajstić information content (AvgIpc) is 3.27. The number of thiophene rings is 1. The lowest BCUT2D eigenvalue weighted by atomic mass is 10.1. The van der Waals surface area contributed by atoms with E-state index in [4.69, 9.17) is 4.42 Å². The Balaban J connectivity index is 1.66. The summed E-state index contributed by atoms with van der Waals surface area (Å²) >= 11 is 1.50. The molecule has 0 unspecified atom stereocenters. The van der Waals surface area contributed by atoms with Crippen LogP contribution in [0, 0.1) is 10.1 Å². The number of para-hydroxylation sites is 1. The molecule has 3 rings (SSSR count). The Hall–Kier alpha value is -3.26. The zero-order chi connectivity index (χ0) is 17.6. The van der Waals surface area contributed by atoms with Crippen molar-refractivity contribution in [2.24, 2.45) is 5.10 Å². The third-order valence-electron chi connectivity index (χ3n) is 3.29. The van der Waals surface area contributed by atoms with Crippen LogP contribution in [0.5, 0.6) is 0 Å². The first-order chi connectivity index (χ1) is 12.1. The summed E-state index contributed by atoms with van der Waals surface area (Å²) in [6.45, 7) is 0. The molecule has 0 bridgehead atoms. The van der Waals surface area contributed by atoms with Crippen LogP contribution in [0.3, 0.4) is 0 Å². The predicted molar refractivity (Wildman–Crippen MR) is 94.6 cm³/mol. The fourth-order valence-corrected chi connectivity index (χ4v) is 2.89. The average molecular weight is 355 g/mol. The van der Waals surface area contributed by atoms with E-state index < -0.39 is 4.92 Å². The van der Waals surface area contributed by atoms with Gasteiger partial charge < -0.3 is 4.42 Å². The van der Waals surface area contributed by atoms with Crippen molar-refractivity contribution in [3.63, 3.8) is 0 Å². The van der Waals surface area contributed by atoms with E-state index in [1.165, 1.54) is 23.6 Å². The standard InChI is InChI=1S/C17H13N3O4S/c21-17(10-13-4-3-9-25-13)19-18-11-12-7-8-16(24-12)14-5-1-2-6-15(14)20(22)23/h1-9,11H,10H2,(H,19,21)/b18-11+. The van der Waals surface area contributed by atoms with Crippen molar-refractivity contribution in [1.29, 1.82) is 0 Å². The first-order valence-corrected chi connectivity index (χ1v) is 8.19. The maximum Gasteiger partial charge on any atom is 0.280 e. The van der Waals surface area contributed by atoms with Gasteiger partial charge >= 0.3 is 0 Å². The maximum absolute atomic E-state index is 11.7. The van der Waals surface area contributed by atoms with E-state index in [0.29, 0.717) is 17.1 Å². The molecule has 2 aromatic heterocycles. The molecule has 0 fully saturated rings. The Morgan fingerprint density at radius 2 is 2.08 bits per heavy atom. The molecule has 25 heavy (non-hydrogen) atoms. The number of hydrazone groups is 1. The van der Waals surface area contributed by atoms with Gasteiger partial charge in [0.2, 0.25) is 5.91 Å². The number of nitrogens with zero attached hydrogens (tertiary/aromatic N) is 2. The van der Waals surface area contributed by atoms with Crippen molar-refractivity contribution in [2.45, 2.75) is 6.42 Å². The molecule has 0 aliphatic heterocycles. The van der Waals surface area contributed by atoms with Crippen molar-refractivity contribution >= 4 is 29.1 Å². The summed E-state index contributed by atoms with van der Waals surface area (Å²) in [5.74, 6) is 0.507. The fraction of sp³-hybridized carbons (Fsp3) is 0.0588. The second-order valence-electron chi connectivity index (χ2n) is 5.03. The zero-order valence-electron chi connectivity index (χ0n) is 12.9. The number of furan rings is 1. The minimum Gasteiger partial charge on any atom is -0.455 e. The van der Waals surface area contributed by atoms with Gasteiger partial charge in [-0.25, -0.2) is 5.43 Å². The van der Waals surface area contributed by atoms with Crippen LogP contribution in [-0.2, 0) is 11.2 Å². The van der Waals surface area contributed by atoms with Gasteiger partial charge in [-0.15, -0.1) is 11.3 Å². The number of hydrogen-bond donors (Lipinski definition) is 1. The lowest BCUT2D eigenvalue weighted by Crippen LogP contribution is -2.19. The van der Waals surface area contributed by atoms with Crippen molar-refractivity contribution < 1.29 is 14.1 Å². The Kier molecular flexibility index (Phi) is 5.00. The first kappa shape index (κ1) is 16.6. The summed E-state index contributed by atoms with van der Waals surface area (Å²) in [7, 11) is 0. The zero-order valence-corrected chi connectivity index (χ0v) is 13.7. The van der Waals surface area contributed by atoms with Crippen LogP contribution >= 0.6 is 11.3 Å². The van der Waals surface area contributed by atoms with Crippen LogP contribution in [0.2, 0.25) is 0 Å². The van der Waals surface area contributed by atoms with Gasteiger partial charge in [0, 0.05) is 10.9 Å². The molecule has 7 nitrogen and oxygen atoms in total. The second kappa shape index (κ2) is 7.54. The summed E-state index contributed by atoms with van der Waals surface area (Å²) in [4.78, 5) is 23.3. The lowest BCUT2D eigenvalue weighted by Gasteiger charge is -1.98. The van der Waals surface area contributed by atoms with Crippen molar-refractivity contribution in [3.05, 3.63) is 74.7 Å². The fourth-order valence-electron chi connectivity index (χ4n) is 2.19. The van der Waals surface area contributed by atoms with Crippen molar-refractivity contribution in [3.8, 4) is 11.3 Å². The number of amides is 1. The van der Waals surface area contributed by atoms with Gasteiger partial charge in [-0.1, -0.05) is 18.2 Å². The molecule has 1 amide bonds. The lowest BCUT2D eigenvalue weighted by molar-refractivity contribution is -0.384. The molecular formula is C17H13N3O4S. The normalized spacial score (nSPS) is 10.9. The Labute approximate surface area is 146 Å². The predicted octanol–water partition coefficient (Wildman–Crippen LogP) is 3.61. The van der Waals surface area contributed by atoms with Gasteiger partial charge in [-0.2, -0.15) is 5.10 Å². The molecule has 1 N–H and O–H groups in total. The molecule has 0 atom stereocenters. The van der Waals surface area contributed by atoms with Crippen molar-refractivity contribution in [2.75, 3.05) is 0 Å². The minimum absolute atomic E-state index is 0.0374. The Bertz CT molecular complexity index is 916. The highest BCUT2D eigenvalue weighted by Gasteiger charge is 2.16. The summed E-state index contributed by atoms with van der Waals surface area (Å²) in [5, 5.41) is 16.8. The van der Waals surface area contributed by atoms with E-state index in [0.717, 1.165) is 4.88 Å². The molecule has 0 spiro atoms. The molecule has 3 aromatic rings. The molecule has 0 saturated heterocycles. The van der Waals surface area contributed by atoms with Gasteiger partial charge in [0.25, 0.3) is 5.69 Å². The highest BCUT2D eigenvalue weighted by Crippen LogP contribution is 2.30. The van der Waals surface area contributed by atoms with Crippen LogP contribution in [0.1, 0.15) is 10.6 Å². The van der Waals surface area contributed by atoms with Gasteiger partial charge in [0.05, 0.1) is 23.1 Å². The molecule has 0 radical (unpaired) electrons. The first-order valence-electron chi connectivity index (χ1n) is 7.31. The summed E-state index contributed by atoms with van der Waals surface area (Å²) in [6.07, 6.45) is 1.61. The number of nitrogens with one attached hydrogen (secondary N) is 1. The van der Waals surface area contributed by atoms with E-state index in [2.05, 4.69) is 10.5 Å². The smallest absolute Gasteiger partial charge is 0.280 e. The minimum atomic E-state index is -0.462. The van der Waals surface area contributed by atoms with Gasteiger partial charge in [-0.3, -0.25) is 14.9 Å². The van der Waals surface area contributed by atoms with E-state index in [1.54, 1.807) is 30.3 Å². The van der Waals surface area contributed by atoms with Gasteiger partial charge in [0.15, 0.2) is 0 Å². The largest absolute Gasteiger partial charge is 0.455 e. The van der Waals surface area contributed by atoms with E-state index >= 15 is 0 Å². The Morgan fingerprint density at radius 1 is 1.24 bits per heavy atom. The number of rotatable bonds is 6. The second-order valence-corrected chi connectivity index (χ2v) is 6.06. The molecule has 126 valence electrons. The van der Waals surface area contributed by atoms with E-state index in [1.807, 2.05) is 17.5 Å². The number of benzene rings is 1. The molecule has 2 heterocycles. The molecule has 1 aromatic carbocycles. The third kappa shape index (κ3) is 4.18.